The van der Waals surface area contributed by atoms with Gasteiger partial charge in [-0.1, -0.05) is 18.2 Å². The second-order valence-electron chi connectivity index (χ2n) is 4.17. The zero-order chi connectivity index (χ0) is 12.5. The molecule has 0 spiro atoms. The van der Waals surface area contributed by atoms with Crippen LogP contribution in [0.25, 0.3) is 0 Å². The van der Waals surface area contributed by atoms with Gasteiger partial charge >= 0.3 is 0 Å². The minimum absolute atomic E-state index is 0.141. The molecule has 1 N–H and O–H groups in total. The lowest BCUT2D eigenvalue weighted by Gasteiger charge is -2.12. The van der Waals surface area contributed by atoms with E-state index in [0.717, 1.165) is 22.0 Å². The molecule has 1 atom stereocenters. The second-order valence-corrected chi connectivity index (χ2v) is 4.98. The third-order valence-electron chi connectivity index (χ3n) is 2.83. The second kappa shape index (κ2) is 4.57. The Morgan fingerprint density at radius 1 is 1.33 bits per heavy atom. The standard InChI is InChI=1S/C13H12BrN3O/c1-8-15-12(14)6-13(16-8)17-10-7-18-11-5-3-2-4-9(10)11/h2-6,10H,7H2,1H3,(H,15,16,17). The van der Waals surface area contributed by atoms with Crippen molar-refractivity contribution in [2.24, 2.45) is 0 Å². The molecule has 0 amide bonds. The lowest BCUT2D eigenvalue weighted by atomic mass is 10.1. The number of aromatic nitrogens is 2. The Balaban J connectivity index is 1.86. The number of aryl methyl sites for hydroxylation is 1. The van der Waals surface area contributed by atoms with E-state index in [0.29, 0.717) is 6.61 Å². The number of halogens is 1. The highest BCUT2D eigenvalue weighted by Crippen LogP contribution is 2.33. The van der Waals surface area contributed by atoms with E-state index in [-0.39, 0.29) is 6.04 Å². The summed E-state index contributed by atoms with van der Waals surface area (Å²) in [4.78, 5) is 8.55. The van der Waals surface area contributed by atoms with Crippen LogP contribution in [-0.4, -0.2) is 16.6 Å². The number of ether oxygens (including phenoxy) is 1. The van der Waals surface area contributed by atoms with Gasteiger partial charge in [0.15, 0.2) is 0 Å². The molecule has 2 aromatic rings. The van der Waals surface area contributed by atoms with Gasteiger partial charge in [-0.3, -0.25) is 0 Å². The third kappa shape index (κ3) is 2.18. The maximum Gasteiger partial charge on any atom is 0.131 e. The summed E-state index contributed by atoms with van der Waals surface area (Å²) >= 11 is 3.37. The summed E-state index contributed by atoms with van der Waals surface area (Å²) in [6.07, 6.45) is 0. The lowest BCUT2D eigenvalue weighted by molar-refractivity contribution is 0.339. The molecule has 92 valence electrons. The predicted octanol–water partition coefficient (Wildman–Crippen LogP) is 3.09. The Kier molecular flexibility index (Phi) is 2.91. The number of rotatable bonds is 2. The molecule has 0 aliphatic carbocycles. The number of nitrogens with one attached hydrogen (secondary N) is 1. The van der Waals surface area contributed by atoms with Crippen LogP contribution in [0.2, 0.25) is 0 Å². The first-order valence-corrected chi connectivity index (χ1v) is 6.51. The number of nitrogens with zero attached hydrogens (tertiary/aromatic N) is 2. The van der Waals surface area contributed by atoms with Crippen LogP contribution in [0, 0.1) is 6.92 Å². The Morgan fingerprint density at radius 3 is 3.00 bits per heavy atom. The molecule has 2 heterocycles. The Labute approximate surface area is 114 Å². The van der Waals surface area contributed by atoms with Crippen LogP contribution in [0.5, 0.6) is 5.75 Å². The summed E-state index contributed by atoms with van der Waals surface area (Å²) in [5.41, 5.74) is 1.17. The summed E-state index contributed by atoms with van der Waals surface area (Å²) in [6, 6.07) is 10.1. The van der Waals surface area contributed by atoms with E-state index < -0.39 is 0 Å². The van der Waals surface area contributed by atoms with Gasteiger partial charge in [-0.25, -0.2) is 9.97 Å². The summed E-state index contributed by atoms with van der Waals surface area (Å²) in [7, 11) is 0. The van der Waals surface area contributed by atoms with Crippen LogP contribution in [0.3, 0.4) is 0 Å². The van der Waals surface area contributed by atoms with E-state index in [2.05, 4.69) is 37.3 Å². The lowest BCUT2D eigenvalue weighted by Crippen LogP contribution is -2.13. The van der Waals surface area contributed by atoms with E-state index in [1.165, 1.54) is 5.56 Å². The molecule has 18 heavy (non-hydrogen) atoms. The highest BCUT2D eigenvalue weighted by molar-refractivity contribution is 9.10. The zero-order valence-electron chi connectivity index (χ0n) is 9.85. The number of benzene rings is 1. The molecule has 3 rings (SSSR count). The van der Waals surface area contributed by atoms with E-state index >= 15 is 0 Å². The van der Waals surface area contributed by atoms with Gasteiger partial charge in [0.25, 0.3) is 0 Å². The van der Waals surface area contributed by atoms with Crippen molar-refractivity contribution >= 4 is 21.7 Å². The van der Waals surface area contributed by atoms with Crippen molar-refractivity contribution in [3.63, 3.8) is 0 Å². The first kappa shape index (κ1) is 11.5. The van der Waals surface area contributed by atoms with Crippen molar-refractivity contribution in [3.8, 4) is 5.75 Å². The fourth-order valence-electron chi connectivity index (χ4n) is 2.07. The molecular weight excluding hydrogens is 294 g/mol. The van der Waals surface area contributed by atoms with Crippen molar-refractivity contribution in [2.75, 3.05) is 11.9 Å². The Morgan fingerprint density at radius 2 is 2.17 bits per heavy atom. The highest BCUT2D eigenvalue weighted by atomic mass is 79.9. The molecule has 1 aromatic carbocycles. The topological polar surface area (TPSA) is 47.0 Å². The Hall–Kier alpha value is -1.62. The minimum atomic E-state index is 0.141. The van der Waals surface area contributed by atoms with Crippen LogP contribution in [-0.2, 0) is 0 Å². The predicted molar refractivity (Wildman–Crippen MR) is 72.8 cm³/mol. The fourth-order valence-corrected chi connectivity index (χ4v) is 2.54. The summed E-state index contributed by atoms with van der Waals surface area (Å²) in [5.74, 6) is 2.48. The first-order chi connectivity index (χ1) is 8.72. The van der Waals surface area contributed by atoms with E-state index in [1.807, 2.05) is 31.2 Å². The number of hydrogen-bond donors (Lipinski definition) is 1. The van der Waals surface area contributed by atoms with Crippen molar-refractivity contribution < 1.29 is 4.74 Å². The molecule has 0 saturated heterocycles. The molecule has 1 aliphatic rings. The monoisotopic (exact) mass is 305 g/mol. The molecule has 1 unspecified atom stereocenters. The van der Waals surface area contributed by atoms with Gasteiger partial charge in [0.2, 0.25) is 0 Å². The van der Waals surface area contributed by atoms with Crippen LogP contribution < -0.4 is 10.1 Å². The SMILES string of the molecule is Cc1nc(Br)cc(NC2COc3ccccc32)n1. The van der Waals surface area contributed by atoms with Crippen LogP contribution in [0.1, 0.15) is 17.4 Å². The third-order valence-corrected chi connectivity index (χ3v) is 3.23. The molecule has 4 nitrogen and oxygen atoms in total. The van der Waals surface area contributed by atoms with Gasteiger partial charge in [-0.15, -0.1) is 0 Å². The minimum Gasteiger partial charge on any atom is -0.491 e. The fraction of sp³-hybridized carbons (Fsp3) is 0.231. The maximum atomic E-state index is 5.63. The van der Waals surface area contributed by atoms with Crippen LogP contribution >= 0.6 is 15.9 Å². The maximum absolute atomic E-state index is 5.63. The zero-order valence-corrected chi connectivity index (χ0v) is 11.4. The molecule has 0 saturated carbocycles. The Bertz CT molecular complexity index is 568. The quantitative estimate of drug-likeness (QED) is 0.866. The normalized spacial score (nSPS) is 17.1. The van der Waals surface area contributed by atoms with Crippen LogP contribution in [0.4, 0.5) is 5.82 Å². The van der Waals surface area contributed by atoms with E-state index in [1.54, 1.807) is 0 Å². The summed E-state index contributed by atoms with van der Waals surface area (Å²) in [5, 5.41) is 3.37. The molecule has 0 fully saturated rings. The molecule has 5 heteroatoms. The van der Waals surface area contributed by atoms with Crippen molar-refractivity contribution in [1.29, 1.82) is 0 Å². The first-order valence-electron chi connectivity index (χ1n) is 5.72. The average Bonchev–Trinajstić information content (AvgIpc) is 2.72. The van der Waals surface area contributed by atoms with Gasteiger partial charge in [0.05, 0.1) is 6.04 Å². The number of para-hydroxylation sites is 1. The van der Waals surface area contributed by atoms with Gasteiger partial charge in [-0.2, -0.15) is 0 Å². The average molecular weight is 306 g/mol. The van der Waals surface area contributed by atoms with Gasteiger partial charge in [-0.05, 0) is 28.9 Å². The molecular formula is C13H12BrN3O. The highest BCUT2D eigenvalue weighted by Gasteiger charge is 2.23. The number of hydrogen-bond acceptors (Lipinski definition) is 4. The van der Waals surface area contributed by atoms with E-state index in [4.69, 9.17) is 4.74 Å². The molecule has 1 aliphatic heterocycles. The van der Waals surface area contributed by atoms with Crippen molar-refractivity contribution in [3.05, 3.63) is 46.3 Å². The molecule has 1 aromatic heterocycles. The molecule has 0 radical (unpaired) electrons. The van der Waals surface area contributed by atoms with E-state index in [9.17, 15) is 0 Å². The molecule has 0 bridgehead atoms. The largest absolute Gasteiger partial charge is 0.491 e. The number of fused-ring (bicyclic) bond motifs is 1. The summed E-state index contributed by atoms with van der Waals surface area (Å²) in [6.45, 7) is 2.50. The summed E-state index contributed by atoms with van der Waals surface area (Å²) < 4.78 is 6.41. The van der Waals surface area contributed by atoms with Crippen LogP contribution in [0.15, 0.2) is 34.9 Å². The van der Waals surface area contributed by atoms with Crippen molar-refractivity contribution in [1.82, 2.24) is 9.97 Å². The number of anilines is 1. The smallest absolute Gasteiger partial charge is 0.131 e. The van der Waals surface area contributed by atoms with Crippen molar-refractivity contribution in [2.45, 2.75) is 13.0 Å². The van der Waals surface area contributed by atoms with Gasteiger partial charge < -0.3 is 10.1 Å². The van der Waals surface area contributed by atoms with Gasteiger partial charge in [0, 0.05) is 11.6 Å². The van der Waals surface area contributed by atoms with Gasteiger partial charge in [0.1, 0.15) is 28.6 Å².